The van der Waals surface area contributed by atoms with Gasteiger partial charge in [-0.2, -0.15) is 11.3 Å². The summed E-state index contributed by atoms with van der Waals surface area (Å²) in [6.07, 6.45) is 1.93. The minimum Gasteiger partial charge on any atom is -0.449 e. The number of hydrogen-bond acceptors (Lipinski definition) is 4. The molecule has 2 rings (SSSR count). The Morgan fingerprint density at radius 2 is 2.09 bits per heavy atom. The molecular formula is C16H13Cl2NO3S. The normalized spacial score (nSPS) is 12.1. The van der Waals surface area contributed by atoms with Crippen LogP contribution in [-0.2, 0) is 14.3 Å². The minimum absolute atomic E-state index is 0.346. The molecule has 1 N–H and O–H groups in total. The molecule has 23 heavy (non-hydrogen) atoms. The fourth-order valence-corrected chi connectivity index (χ4v) is 2.59. The maximum absolute atomic E-state index is 12.0. The predicted molar refractivity (Wildman–Crippen MR) is 94.0 cm³/mol. The SMILES string of the molecule is C[C@H](OC(=O)/C=C/c1ccsc1)C(=O)Nc1cc(Cl)ccc1Cl. The molecule has 0 aliphatic carbocycles. The lowest BCUT2D eigenvalue weighted by Gasteiger charge is -2.13. The number of rotatable bonds is 5. The Balaban J connectivity index is 1.92. The van der Waals surface area contributed by atoms with E-state index in [4.69, 9.17) is 27.9 Å². The second-order valence-corrected chi connectivity index (χ2v) is 6.21. The molecule has 0 fully saturated rings. The fraction of sp³-hybridized carbons (Fsp3) is 0.125. The summed E-state index contributed by atoms with van der Waals surface area (Å²) in [6.45, 7) is 1.48. The van der Waals surface area contributed by atoms with Crippen molar-refractivity contribution in [3.05, 3.63) is 56.7 Å². The summed E-state index contributed by atoms with van der Waals surface area (Å²) in [4.78, 5) is 23.7. The summed E-state index contributed by atoms with van der Waals surface area (Å²) in [5, 5.41) is 7.14. The monoisotopic (exact) mass is 369 g/mol. The number of ether oxygens (including phenoxy) is 1. The quantitative estimate of drug-likeness (QED) is 0.616. The van der Waals surface area contributed by atoms with E-state index in [1.807, 2.05) is 16.8 Å². The number of carbonyl (C=O) groups is 2. The Hall–Kier alpha value is -1.82. The summed E-state index contributed by atoms with van der Waals surface area (Å²) < 4.78 is 5.04. The van der Waals surface area contributed by atoms with Gasteiger partial charge in [-0.05, 0) is 53.6 Å². The molecule has 4 nitrogen and oxygen atoms in total. The summed E-state index contributed by atoms with van der Waals surface area (Å²) in [5.74, 6) is -1.09. The average Bonchev–Trinajstić information content (AvgIpc) is 3.02. The Morgan fingerprint density at radius 3 is 2.78 bits per heavy atom. The Kier molecular flexibility index (Phi) is 6.21. The first-order valence-electron chi connectivity index (χ1n) is 6.62. The highest BCUT2D eigenvalue weighted by atomic mass is 35.5. The smallest absolute Gasteiger partial charge is 0.331 e. The zero-order valence-electron chi connectivity index (χ0n) is 12.1. The number of nitrogens with one attached hydrogen (secondary N) is 1. The average molecular weight is 370 g/mol. The molecule has 0 unspecified atom stereocenters. The Labute approximate surface area is 147 Å². The molecule has 1 aromatic heterocycles. The number of esters is 1. The lowest BCUT2D eigenvalue weighted by Crippen LogP contribution is -2.29. The van der Waals surface area contributed by atoms with E-state index in [-0.39, 0.29) is 0 Å². The first-order valence-corrected chi connectivity index (χ1v) is 8.32. The van der Waals surface area contributed by atoms with Crippen molar-refractivity contribution >= 4 is 58.2 Å². The van der Waals surface area contributed by atoms with Crippen molar-refractivity contribution in [1.82, 2.24) is 0 Å². The van der Waals surface area contributed by atoms with Crippen molar-refractivity contribution in [2.24, 2.45) is 0 Å². The van der Waals surface area contributed by atoms with Crippen LogP contribution in [0, 0.1) is 0 Å². The number of amides is 1. The van der Waals surface area contributed by atoms with Gasteiger partial charge in [-0.3, -0.25) is 4.79 Å². The second kappa shape index (κ2) is 8.15. The lowest BCUT2D eigenvalue weighted by molar-refractivity contribution is -0.148. The van der Waals surface area contributed by atoms with Crippen molar-refractivity contribution < 1.29 is 14.3 Å². The molecule has 2 aromatic rings. The number of benzene rings is 1. The molecular weight excluding hydrogens is 357 g/mol. The van der Waals surface area contributed by atoms with Gasteiger partial charge in [0.2, 0.25) is 0 Å². The van der Waals surface area contributed by atoms with E-state index >= 15 is 0 Å². The summed E-state index contributed by atoms with van der Waals surface area (Å²) in [6, 6.07) is 6.57. The maximum Gasteiger partial charge on any atom is 0.331 e. The van der Waals surface area contributed by atoms with Gasteiger partial charge >= 0.3 is 5.97 Å². The molecule has 0 radical (unpaired) electrons. The van der Waals surface area contributed by atoms with Crippen LogP contribution in [-0.4, -0.2) is 18.0 Å². The van der Waals surface area contributed by atoms with Crippen LogP contribution in [0.25, 0.3) is 6.08 Å². The fourth-order valence-electron chi connectivity index (χ4n) is 1.63. The first-order chi connectivity index (χ1) is 11.0. The third-order valence-corrected chi connectivity index (χ3v) is 4.07. The van der Waals surface area contributed by atoms with Gasteiger partial charge in [-0.25, -0.2) is 4.79 Å². The van der Waals surface area contributed by atoms with Crippen LogP contribution in [0.5, 0.6) is 0 Å². The number of hydrogen-bond donors (Lipinski definition) is 1. The number of thiophene rings is 1. The molecule has 7 heteroatoms. The van der Waals surface area contributed by atoms with Crippen molar-refractivity contribution in [1.29, 1.82) is 0 Å². The van der Waals surface area contributed by atoms with Crippen LogP contribution in [0.3, 0.4) is 0 Å². The van der Waals surface area contributed by atoms with Gasteiger partial charge < -0.3 is 10.1 Å². The maximum atomic E-state index is 12.0. The van der Waals surface area contributed by atoms with E-state index in [9.17, 15) is 9.59 Å². The van der Waals surface area contributed by atoms with Crippen molar-refractivity contribution in [3.8, 4) is 0 Å². The van der Waals surface area contributed by atoms with E-state index in [2.05, 4.69) is 5.32 Å². The van der Waals surface area contributed by atoms with Gasteiger partial charge in [-0.1, -0.05) is 23.2 Å². The second-order valence-electron chi connectivity index (χ2n) is 4.58. The minimum atomic E-state index is -0.968. The van der Waals surface area contributed by atoms with E-state index in [1.54, 1.807) is 18.2 Å². The highest BCUT2D eigenvalue weighted by Gasteiger charge is 2.17. The van der Waals surface area contributed by atoms with Crippen LogP contribution in [0.2, 0.25) is 10.0 Å². The van der Waals surface area contributed by atoms with E-state index in [0.717, 1.165) is 5.56 Å². The van der Waals surface area contributed by atoms with Crippen LogP contribution >= 0.6 is 34.5 Å². The van der Waals surface area contributed by atoms with Gasteiger partial charge in [0.15, 0.2) is 6.10 Å². The van der Waals surface area contributed by atoms with Gasteiger partial charge in [0.25, 0.3) is 5.91 Å². The predicted octanol–water partition coefficient (Wildman–Crippen LogP) is 4.64. The molecule has 0 spiro atoms. The molecule has 1 aromatic carbocycles. The summed E-state index contributed by atoms with van der Waals surface area (Å²) in [7, 11) is 0. The molecule has 1 atom stereocenters. The number of carbonyl (C=O) groups excluding carboxylic acids is 2. The summed E-state index contributed by atoms with van der Waals surface area (Å²) in [5.41, 5.74) is 1.26. The van der Waals surface area contributed by atoms with Crippen LogP contribution < -0.4 is 5.32 Å². The first kappa shape index (κ1) is 17.5. The summed E-state index contributed by atoms with van der Waals surface area (Å²) >= 11 is 13.3. The zero-order valence-corrected chi connectivity index (χ0v) is 14.4. The molecule has 120 valence electrons. The van der Waals surface area contributed by atoms with Crippen LogP contribution in [0.4, 0.5) is 5.69 Å². The van der Waals surface area contributed by atoms with Gasteiger partial charge in [0, 0.05) is 11.1 Å². The largest absolute Gasteiger partial charge is 0.449 e. The number of anilines is 1. The Morgan fingerprint density at radius 1 is 1.30 bits per heavy atom. The molecule has 0 aliphatic heterocycles. The van der Waals surface area contributed by atoms with Gasteiger partial charge in [0.05, 0.1) is 10.7 Å². The van der Waals surface area contributed by atoms with Crippen molar-refractivity contribution in [2.75, 3.05) is 5.32 Å². The highest BCUT2D eigenvalue weighted by molar-refractivity contribution is 7.08. The number of halogens is 2. The van der Waals surface area contributed by atoms with E-state index in [0.29, 0.717) is 15.7 Å². The third kappa shape index (κ3) is 5.39. The van der Waals surface area contributed by atoms with E-state index < -0.39 is 18.0 Å². The zero-order chi connectivity index (χ0) is 16.8. The standard InChI is InChI=1S/C16H13Cl2NO3S/c1-10(22-15(20)5-2-11-6-7-23-9-11)16(21)19-14-8-12(17)3-4-13(14)18/h2-10H,1H3,(H,19,21)/b5-2+/t10-/m0/s1. The molecule has 0 bridgehead atoms. The van der Waals surface area contributed by atoms with E-state index in [1.165, 1.54) is 30.4 Å². The van der Waals surface area contributed by atoms with Crippen LogP contribution in [0.15, 0.2) is 41.1 Å². The molecule has 0 saturated heterocycles. The topological polar surface area (TPSA) is 55.4 Å². The van der Waals surface area contributed by atoms with Crippen molar-refractivity contribution in [3.63, 3.8) is 0 Å². The van der Waals surface area contributed by atoms with Gasteiger partial charge in [-0.15, -0.1) is 0 Å². The van der Waals surface area contributed by atoms with Crippen LogP contribution in [0.1, 0.15) is 12.5 Å². The molecule has 0 aliphatic rings. The van der Waals surface area contributed by atoms with Gasteiger partial charge in [0.1, 0.15) is 0 Å². The molecule has 0 saturated carbocycles. The van der Waals surface area contributed by atoms with Crippen molar-refractivity contribution in [2.45, 2.75) is 13.0 Å². The highest BCUT2D eigenvalue weighted by Crippen LogP contribution is 2.25. The lowest BCUT2D eigenvalue weighted by atomic mass is 10.3. The third-order valence-electron chi connectivity index (χ3n) is 2.80. The molecule has 1 amide bonds. The Bertz CT molecular complexity index is 729. The molecule has 1 heterocycles.